The van der Waals surface area contributed by atoms with E-state index < -0.39 is 0 Å². The Kier molecular flexibility index (Phi) is 5.80. The number of carbonyl (C=O) groups excluding carboxylic acids is 2. The summed E-state index contributed by atoms with van der Waals surface area (Å²) in [5, 5.41) is 6.00. The molecule has 5 nitrogen and oxygen atoms in total. The molecule has 1 fully saturated rings. The Labute approximate surface area is 176 Å². The third-order valence-corrected chi connectivity index (χ3v) is 5.40. The van der Waals surface area contributed by atoms with E-state index in [1.165, 1.54) is 5.56 Å². The van der Waals surface area contributed by atoms with Gasteiger partial charge in [-0.3, -0.25) is 9.69 Å². The Balaban J connectivity index is 1.55. The van der Waals surface area contributed by atoms with Gasteiger partial charge in [-0.25, -0.2) is 4.79 Å². The molecule has 152 valence electrons. The molecule has 5 heteroatoms. The smallest absolute Gasteiger partial charge is 0.322 e. The molecule has 3 aromatic rings. The average Bonchev–Trinajstić information content (AvgIpc) is 3.20. The van der Waals surface area contributed by atoms with Gasteiger partial charge in [0.1, 0.15) is 0 Å². The predicted octanol–water partition coefficient (Wildman–Crippen LogP) is 4.24. The highest BCUT2D eigenvalue weighted by molar-refractivity contribution is 5.98. The second kappa shape index (κ2) is 8.82. The van der Waals surface area contributed by atoms with Crippen molar-refractivity contribution in [1.29, 1.82) is 0 Å². The molecule has 0 aromatic heterocycles. The Bertz CT molecular complexity index is 1030. The molecule has 3 amide bonds. The first-order valence-electron chi connectivity index (χ1n) is 10.2. The molecular weight excluding hydrogens is 374 g/mol. The molecule has 2 N–H and O–H groups in total. The zero-order valence-electron chi connectivity index (χ0n) is 17.0. The number of carbonyl (C=O) groups is 2. The van der Waals surface area contributed by atoms with Gasteiger partial charge in [-0.2, -0.15) is 0 Å². The van der Waals surface area contributed by atoms with Gasteiger partial charge in [0.15, 0.2) is 0 Å². The van der Waals surface area contributed by atoms with Crippen molar-refractivity contribution in [3.8, 4) is 0 Å². The fourth-order valence-electron chi connectivity index (χ4n) is 3.83. The number of anilines is 1. The summed E-state index contributed by atoms with van der Waals surface area (Å²) in [6.07, 6.45) is 0.710. The number of benzene rings is 3. The first kappa shape index (κ1) is 19.7. The minimum Gasteiger partial charge on any atom is -0.345 e. The van der Waals surface area contributed by atoms with Crippen LogP contribution in [0, 0.1) is 6.92 Å². The molecule has 1 aliphatic heterocycles. The molecule has 30 heavy (non-hydrogen) atoms. The highest BCUT2D eigenvalue weighted by Crippen LogP contribution is 2.24. The maximum Gasteiger partial charge on any atom is 0.322 e. The van der Waals surface area contributed by atoms with Crippen LogP contribution in [-0.4, -0.2) is 25.0 Å². The summed E-state index contributed by atoms with van der Waals surface area (Å²) in [7, 11) is 0. The van der Waals surface area contributed by atoms with Gasteiger partial charge in [0.25, 0.3) is 5.91 Å². The lowest BCUT2D eigenvalue weighted by molar-refractivity contribution is 0.0936. The lowest BCUT2D eigenvalue weighted by atomic mass is 9.98. The van der Waals surface area contributed by atoms with E-state index in [0.29, 0.717) is 25.1 Å². The molecule has 0 aliphatic carbocycles. The molecule has 0 bridgehead atoms. The number of hydrogen-bond donors (Lipinski definition) is 2. The van der Waals surface area contributed by atoms with Crippen LogP contribution >= 0.6 is 0 Å². The molecular formula is C25H25N3O2. The van der Waals surface area contributed by atoms with Crippen LogP contribution in [-0.2, 0) is 6.42 Å². The standard InChI is InChI=1S/C25H25N3O2/c1-18-16-21(12-13-23(18)28-15-14-26-25(28)30)24(29)27-22(20-10-6-3-7-11-20)17-19-8-4-2-5-9-19/h2-13,16,22H,14-15,17H2,1H3,(H,26,30)(H,27,29). The minimum atomic E-state index is -0.134. The normalized spacial score (nSPS) is 14.3. The van der Waals surface area contributed by atoms with E-state index >= 15 is 0 Å². The SMILES string of the molecule is Cc1cc(C(=O)NC(Cc2ccccc2)c2ccccc2)ccc1N1CCNC1=O. The summed E-state index contributed by atoms with van der Waals surface area (Å²) >= 11 is 0. The van der Waals surface area contributed by atoms with Gasteiger partial charge in [-0.1, -0.05) is 60.7 Å². The van der Waals surface area contributed by atoms with E-state index in [0.717, 1.165) is 16.8 Å². The van der Waals surface area contributed by atoms with Crippen LogP contribution in [0.25, 0.3) is 0 Å². The van der Waals surface area contributed by atoms with E-state index in [4.69, 9.17) is 0 Å². The maximum atomic E-state index is 13.1. The molecule has 4 rings (SSSR count). The number of aryl methyl sites for hydroxylation is 1. The highest BCUT2D eigenvalue weighted by atomic mass is 16.2. The fraction of sp³-hybridized carbons (Fsp3) is 0.200. The van der Waals surface area contributed by atoms with Gasteiger partial charge >= 0.3 is 6.03 Å². The number of hydrogen-bond acceptors (Lipinski definition) is 2. The molecule has 1 atom stereocenters. The molecule has 0 saturated carbocycles. The van der Waals surface area contributed by atoms with Crippen LogP contribution in [0.2, 0.25) is 0 Å². The second-order valence-corrected chi connectivity index (χ2v) is 7.51. The number of amides is 3. The zero-order chi connectivity index (χ0) is 20.9. The maximum absolute atomic E-state index is 13.1. The van der Waals surface area contributed by atoms with Gasteiger partial charge in [0, 0.05) is 24.3 Å². The number of rotatable bonds is 6. The third-order valence-electron chi connectivity index (χ3n) is 5.40. The Hall–Kier alpha value is -3.60. The van der Waals surface area contributed by atoms with Crippen LogP contribution in [0.4, 0.5) is 10.5 Å². The summed E-state index contributed by atoms with van der Waals surface area (Å²) in [6.45, 7) is 3.20. The van der Waals surface area contributed by atoms with E-state index in [1.807, 2.05) is 67.6 Å². The van der Waals surface area contributed by atoms with Crippen molar-refractivity contribution in [1.82, 2.24) is 10.6 Å². The highest BCUT2D eigenvalue weighted by Gasteiger charge is 2.23. The average molecular weight is 399 g/mol. The Morgan fingerprint density at radius 2 is 1.73 bits per heavy atom. The van der Waals surface area contributed by atoms with Crippen molar-refractivity contribution in [3.05, 3.63) is 101 Å². The molecule has 1 unspecified atom stereocenters. The number of nitrogens with one attached hydrogen (secondary N) is 2. The quantitative estimate of drug-likeness (QED) is 0.651. The van der Waals surface area contributed by atoms with Crippen molar-refractivity contribution >= 4 is 17.6 Å². The van der Waals surface area contributed by atoms with Gasteiger partial charge < -0.3 is 10.6 Å². The van der Waals surface area contributed by atoms with E-state index in [1.54, 1.807) is 11.0 Å². The minimum absolute atomic E-state index is 0.0951. The number of urea groups is 1. The van der Waals surface area contributed by atoms with Crippen LogP contribution in [0.3, 0.4) is 0 Å². The summed E-state index contributed by atoms with van der Waals surface area (Å²) in [6, 6.07) is 25.4. The van der Waals surface area contributed by atoms with Crippen molar-refractivity contribution in [2.75, 3.05) is 18.0 Å². The second-order valence-electron chi connectivity index (χ2n) is 7.51. The Morgan fingerprint density at radius 3 is 2.37 bits per heavy atom. The largest absolute Gasteiger partial charge is 0.345 e. The molecule has 0 spiro atoms. The molecule has 1 aliphatic rings. The zero-order valence-corrected chi connectivity index (χ0v) is 17.0. The summed E-state index contributed by atoms with van der Waals surface area (Å²) in [5.74, 6) is -0.125. The monoisotopic (exact) mass is 399 g/mol. The van der Waals surface area contributed by atoms with Crippen molar-refractivity contribution in [2.24, 2.45) is 0 Å². The van der Waals surface area contributed by atoms with E-state index in [2.05, 4.69) is 22.8 Å². The van der Waals surface area contributed by atoms with Crippen LogP contribution in [0.15, 0.2) is 78.9 Å². The van der Waals surface area contributed by atoms with Crippen LogP contribution in [0.5, 0.6) is 0 Å². The van der Waals surface area contributed by atoms with Gasteiger partial charge in [-0.05, 0) is 48.2 Å². The topological polar surface area (TPSA) is 61.4 Å². The van der Waals surface area contributed by atoms with Crippen LogP contribution in [0.1, 0.15) is 33.1 Å². The van der Waals surface area contributed by atoms with Gasteiger partial charge in [0.05, 0.1) is 6.04 Å². The van der Waals surface area contributed by atoms with Gasteiger partial charge in [0.2, 0.25) is 0 Å². The van der Waals surface area contributed by atoms with Crippen molar-refractivity contribution < 1.29 is 9.59 Å². The van der Waals surface area contributed by atoms with Crippen LogP contribution < -0.4 is 15.5 Å². The summed E-state index contributed by atoms with van der Waals surface area (Å²) in [5.41, 5.74) is 4.56. The predicted molar refractivity (Wildman–Crippen MR) is 119 cm³/mol. The molecule has 1 saturated heterocycles. The first-order valence-corrected chi connectivity index (χ1v) is 10.2. The van der Waals surface area contributed by atoms with E-state index in [9.17, 15) is 9.59 Å². The van der Waals surface area contributed by atoms with Crippen molar-refractivity contribution in [3.63, 3.8) is 0 Å². The molecule has 0 radical (unpaired) electrons. The van der Waals surface area contributed by atoms with Gasteiger partial charge in [-0.15, -0.1) is 0 Å². The fourth-order valence-corrected chi connectivity index (χ4v) is 3.83. The number of nitrogens with zero attached hydrogens (tertiary/aromatic N) is 1. The lowest BCUT2D eigenvalue weighted by Crippen LogP contribution is -2.31. The van der Waals surface area contributed by atoms with Crippen molar-refractivity contribution in [2.45, 2.75) is 19.4 Å². The van der Waals surface area contributed by atoms with E-state index in [-0.39, 0.29) is 18.0 Å². The molecule has 3 aromatic carbocycles. The summed E-state index contributed by atoms with van der Waals surface area (Å²) in [4.78, 5) is 26.7. The first-order chi connectivity index (χ1) is 14.6. The Morgan fingerprint density at radius 1 is 1.03 bits per heavy atom. The summed E-state index contributed by atoms with van der Waals surface area (Å²) < 4.78 is 0. The molecule has 1 heterocycles. The third kappa shape index (κ3) is 4.35. The lowest BCUT2D eigenvalue weighted by Gasteiger charge is -2.21.